The summed E-state index contributed by atoms with van der Waals surface area (Å²) in [5.41, 5.74) is 5.89. The summed E-state index contributed by atoms with van der Waals surface area (Å²) in [5, 5.41) is 3.67. The number of halogens is 1. The molecule has 0 saturated heterocycles. The molecule has 2 aliphatic carbocycles. The van der Waals surface area contributed by atoms with Crippen LogP contribution in [0, 0.1) is 11.8 Å². The minimum atomic E-state index is -0.130. The Morgan fingerprint density at radius 2 is 1.93 bits per heavy atom. The number of nitrogens with one attached hydrogen (secondary N) is 1. The van der Waals surface area contributed by atoms with Crippen molar-refractivity contribution < 1.29 is 4.79 Å². The van der Waals surface area contributed by atoms with Gasteiger partial charge in [0, 0.05) is 17.3 Å². The number of allylic oxidation sites excluding steroid dienone is 7. The highest BCUT2D eigenvalue weighted by molar-refractivity contribution is 6.30. The largest absolute Gasteiger partial charge is 0.326 e. The lowest BCUT2D eigenvalue weighted by Crippen LogP contribution is -2.24. The molecule has 0 aromatic heterocycles. The van der Waals surface area contributed by atoms with Crippen LogP contribution in [-0.4, -0.2) is 18.2 Å². The van der Waals surface area contributed by atoms with Crippen LogP contribution in [0.15, 0.2) is 76.4 Å². The summed E-state index contributed by atoms with van der Waals surface area (Å²) >= 11 is 5.93. The number of anilines is 1. The Bertz CT molecular complexity index is 919. The molecule has 1 unspecified atom stereocenters. The topological polar surface area (TPSA) is 41.5 Å². The number of benzene rings is 1. The Balaban J connectivity index is 1.70. The molecular formula is C26H31ClN2O. The molecule has 3 nitrogen and oxygen atoms in total. The van der Waals surface area contributed by atoms with Crippen LogP contribution in [-0.2, 0) is 4.79 Å². The van der Waals surface area contributed by atoms with Crippen molar-refractivity contribution in [2.45, 2.75) is 46.5 Å². The molecule has 158 valence electrons. The number of aliphatic imine (C=N–C) groups is 1. The van der Waals surface area contributed by atoms with E-state index in [1.807, 2.05) is 19.1 Å². The summed E-state index contributed by atoms with van der Waals surface area (Å²) in [4.78, 5) is 17.4. The fraction of sp³-hybridized carbons (Fsp3) is 0.385. The SMILES string of the molecule is CC/N=C1/C=CC=C/C1=C(/CC)C1CC=C([C@@H](C)C(=O)Nc2ccc(Cl)cc2)CC1. The highest BCUT2D eigenvalue weighted by Crippen LogP contribution is 2.36. The van der Waals surface area contributed by atoms with Crippen LogP contribution in [0.5, 0.6) is 0 Å². The lowest BCUT2D eigenvalue weighted by molar-refractivity contribution is -0.118. The number of amides is 1. The van der Waals surface area contributed by atoms with Gasteiger partial charge in [-0.25, -0.2) is 0 Å². The van der Waals surface area contributed by atoms with E-state index >= 15 is 0 Å². The van der Waals surface area contributed by atoms with Crippen molar-refractivity contribution in [3.63, 3.8) is 0 Å². The molecule has 2 atom stereocenters. The van der Waals surface area contributed by atoms with Crippen molar-refractivity contribution in [1.82, 2.24) is 0 Å². The molecule has 2 aliphatic rings. The van der Waals surface area contributed by atoms with Gasteiger partial charge in [0.05, 0.1) is 11.6 Å². The molecule has 0 fully saturated rings. The third-order valence-electron chi connectivity index (χ3n) is 5.96. The van der Waals surface area contributed by atoms with Gasteiger partial charge in [-0.05, 0) is 81.4 Å². The fourth-order valence-corrected chi connectivity index (χ4v) is 4.39. The van der Waals surface area contributed by atoms with Crippen molar-refractivity contribution in [3.8, 4) is 0 Å². The average molecular weight is 423 g/mol. The Morgan fingerprint density at radius 1 is 1.20 bits per heavy atom. The molecule has 0 radical (unpaired) electrons. The second kappa shape index (κ2) is 10.6. The van der Waals surface area contributed by atoms with Crippen LogP contribution < -0.4 is 5.32 Å². The van der Waals surface area contributed by atoms with Crippen LogP contribution in [0.3, 0.4) is 0 Å². The van der Waals surface area contributed by atoms with Gasteiger partial charge >= 0.3 is 0 Å². The van der Waals surface area contributed by atoms with Gasteiger partial charge in [0.15, 0.2) is 0 Å². The van der Waals surface area contributed by atoms with Crippen LogP contribution in [0.1, 0.15) is 46.5 Å². The zero-order valence-electron chi connectivity index (χ0n) is 18.1. The van der Waals surface area contributed by atoms with Gasteiger partial charge in [-0.2, -0.15) is 0 Å². The summed E-state index contributed by atoms with van der Waals surface area (Å²) in [6.07, 6.45) is 14.8. The van der Waals surface area contributed by atoms with Gasteiger partial charge < -0.3 is 5.32 Å². The summed E-state index contributed by atoms with van der Waals surface area (Å²) in [5.74, 6) is 0.418. The molecule has 0 bridgehead atoms. The zero-order valence-corrected chi connectivity index (χ0v) is 18.9. The van der Waals surface area contributed by atoms with Crippen molar-refractivity contribution in [2.75, 3.05) is 11.9 Å². The highest BCUT2D eigenvalue weighted by Gasteiger charge is 2.25. The van der Waals surface area contributed by atoms with Crippen molar-refractivity contribution in [1.29, 1.82) is 0 Å². The van der Waals surface area contributed by atoms with Crippen molar-refractivity contribution in [3.05, 3.63) is 76.4 Å². The number of hydrogen-bond donors (Lipinski definition) is 1. The summed E-state index contributed by atoms with van der Waals surface area (Å²) in [6, 6.07) is 7.24. The van der Waals surface area contributed by atoms with E-state index in [9.17, 15) is 4.79 Å². The van der Waals surface area contributed by atoms with Crippen LogP contribution in [0.25, 0.3) is 0 Å². The number of nitrogens with zero attached hydrogens (tertiary/aromatic N) is 1. The second-order valence-corrected chi connectivity index (χ2v) is 8.27. The first-order valence-corrected chi connectivity index (χ1v) is 11.3. The highest BCUT2D eigenvalue weighted by atomic mass is 35.5. The molecule has 1 aromatic rings. The molecule has 0 aliphatic heterocycles. The molecule has 3 rings (SSSR count). The minimum Gasteiger partial charge on any atom is -0.326 e. The van der Waals surface area contributed by atoms with Crippen molar-refractivity contribution >= 4 is 28.9 Å². The molecule has 4 heteroatoms. The van der Waals surface area contributed by atoms with Gasteiger partial charge in [-0.1, -0.05) is 54.0 Å². The maximum Gasteiger partial charge on any atom is 0.231 e. The maximum absolute atomic E-state index is 12.7. The third kappa shape index (κ3) is 5.40. The predicted molar refractivity (Wildman–Crippen MR) is 128 cm³/mol. The van der Waals surface area contributed by atoms with Crippen LogP contribution >= 0.6 is 11.6 Å². The number of hydrogen-bond acceptors (Lipinski definition) is 2. The first kappa shape index (κ1) is 22.3. The Labute approximate surface area is 185 Å². The summed E-state index contributed by atoms with van der Waals surface area (Å²) in [6.45, 7) is 7.11. The Kier molecular flexibility index (Phi) is 7.87. The number of carbonyl (C=O) groups excluding carboxylic acids is 1. The van der Waals surface area contributed by atoms with Gasteiger partial charge in [0.1, 0.15) is 0 Å². The molecular weight excluding hydrogens is 392 g/mol. The molecule has 1 amide bonds. The maximum atomic E-state index is 12.7. The number of rotatable bonds is 6. The van der Waals surface area contributed by atoms with E-state index in [1.165, 1.54) is 16.7 Å². The van der Waals surface area contributed by atoms with Crippen LogP contribution in [0.2, 0.25) is 5.02 Å². The normalized spacial score (nSPS) is 22.6. The van der Waals surface area contributed by atoms with Gasteiger partial charge in [0.25, 0.3) is 0 Å². The Morgan fingerprint density at radius 3 is 2.57 bits per heavy atom. The molecule has 30 heavy (non-hydrogen) atoms. The molecule has 0 heterocycles. The van der Waals surface area contributed by atoms with Crippen molar-refractivity contribution in [2.24, 2.45) is 16.8 Å². The minimum absolute atomic E-state index is 0.0359. The quantitative estimate of drug-likeness (QED) is 0.496. The van der Waals surface area contributed by atoms with E-state index in [0.717, 1.165) is 43.6 Å². The lowest BCUT2D eigenvalue weighted by Gasteiger charge is -2.28. The van der Waals surface area contributed by atoms with Gasteiger partial charge in [-0.3, -0.25) is 9.79 Å². The summed E-state index contributed by atoms with van der Waals surface area (Å²) in [7, 11) is 0. The van der Waals surface area contributed by atoms with E-state index in [4.69, 9.17) is 11.6 Å². The van der Waals surface area contributed by atoms with E-state index < -0.39 is 0 Å². The van der Waals surface area contributed by atoms with E-state index in [-0.39, 0.29) is 11.8 Å². The lowest BCUT2D eigenvalue weighted by atomic mass is 9.77. The monoisotopic (exact) mass is 422 g/mol. The van der Waals surface area contributed by atoms with E-state index in [2.05, 4.69) is 54.5 Å². The molecule has 0 saturated carbocycles. The van der Waals surface area contributed by atoms with Crippen LogP contribution in [0.4, 0.5) is 5.69 Å². The first-order valence-electron chi connectivity index (χ1n) is 10.9. The second-order valence-electron chi connectivity index (χ2n) is 7.84. The average Bonchev–Trinajstić information content (AvgIpc) is 2.77. The van der Waals surface area contributed by atoms with E-state index in [1.54, 1.807) is 12.1 Å². The smallest absolute Gasteiger partial charge is 0.231 e. The van der Waals surface area contributed by atoms with E-state index in [0.29, 0.717) is 10.9 Å². The predicted octanol–water partition coefficient (Wildman–Crippen LogP) is 6.93. The molecule has 1 aromatic carbocycles. The fourth-order valence-electron chi connectivity index (χ4n) is 4.27. The standard InChI is InChI=1S/C26H31ClN2O/c1-4-23(24-8-6-7-9-25(24)28-5-2)20-12-10-19(11-13-20)18(3)26(30)29-22-16-14-21(27)15-17-22/h6-10,14-18,20H,4-5,11-13H2,1-3H3,(H,29,30)/b24-23+,28-25-/t18-,20?/m1/s1. The van der Waals surface area contributed by atoms with Gasteiger partial charge in [0.2, 0.25) is 5.91 Å². The van der Waals surface area contributed by atoms with Gasteiger partial charge in [-0.15, -0.1) is 0 Å². The third-order valence-corrected chi connectivity index (χ3v) is 6.21. The number of carbonyl (C=O) groups is 1. The zero-order chi connectivity index (χ0) is 21.5. The summed E-state index contributed by atoms with van der Waals surface area (Å²) < 4.78 is 0. The molecule has 0 spiro atoms. The first-order chi connectivity index (χ1) is 14.5. The molecule has 1 N–H and O–H groups in total. The Hall–Kier alpha value is -2.39.